The van der Waals surface area contributed by atoms with Gasteiger partial charge in [-0.3, -0.25) is 9.59 Å². The van der Waals surface area contributed by atoms with Gasteiger partial charge in [-0.05, 0) is 38.5 Å². The number of ether oxygens (including phenoxy) is 3. The molecule has 0 aliphatic carbocycles. The van der Waals surface area contributed by atoms with Gasteiger partial charge in [0.25, 0.3) is 5.91 Å². The van der Waals surface area contributed by atoms with Crippen LogP contribution in [-0.2, 0) is 23.8 Å². The zero-order chi connectivity index (χ0) is 21.8. The summed E-state index contributed by atoms with van der Waals surface area (Å²) < 4.78 is 17.1. The van der Waals surface area contributed by atoms with Gasteiger partial charge in [0, 0.05) is 13.7 Å². The molecule has 0 aromatic rings. The Labute approximate surface area is 173 Å². The van der Waals surface area contributed by atoms with E-state index >= 15 is 0 Å². The number of nitrogens with one attached hydrogen (secondary N) is 2. The number of rotatable bonds is 5. The second-order valence-electron chi connectivity index (χ2n) is 9.28. The molecule has 0 bridgehead atoms. The van der Waals surface area contributed by atoms with Gasteiger partial charge in [0.05, 0.1) is 0 Å². The third-order valence-corrected chi connectivity index (χ3v) is 4.96. The van der Waals surface area contributed by atoms with Crippen LogP contribution in [0.15, 0.2) is 12.2 Å². The highest BCUT2D eigenvalue weighted by Gasteiger charge is 2.47. The Balaban J connectivity index is 2.17. The molecule has 166 valence electrons. The Hall–Kier alpha value is -1.48. The van der Waals surface area contributed by atoms with Gasteiger partial charge in [-0.25, -0.2) is 0 Å². The summed E-state index contributed by atoms with van der Waals surface area (Å²) in [7, 11) is 1.38. The maximum absolute atomic E-state index is 12.9. The number of allylic oxidation sites excluding steroid dienone is 1. The van der Waals surface area contributed by atoms with Crippen molar-refractivity contribution in [1.82, 2.24) is 10.6 Å². The quantitative estimate of drug-likeness (QED) is 0.587. The van der Waals surface area contributed by atoms with Crippen molar-refractivity contribution in [1.29, 1.82) is 0 Å². The van der Waals surface area contributed by atoms with E-state index in [-0.39, 0.29) is 11.3 Å². The SMILES string of the molecule is CO[C@@H](C(=O)N[C@H]1CCCCNC1=O)[C@@H]1OC(C)(C)O[C@H](/C=C/C(C)(C)C)[C@@H]1O. The van der Waals surface area contributed by atoms with Crippen LogP contribution >= 0.6 is 0 Å². The first kappa shape index (κ1) is 23.8. The summed E-state index contributed by atoms with van der Waals surface area (Å²) in [5, 5.41) is 16.4. The number of hydrogen-bond acceptors (Lipinski definition) is 6. The molecule has 8 nitrogen and oxygen atoms in total. The van der Waals surface area contributed by atoms with Crippen molar-refractivity contribution in [2.75, 3.05) is 13.7 Å². The highest BCUT2D eigenvalue weighted by Crippen LogP contribution is 2.31. The fourth-order valence-corrected chi connectivity index (χ4v) is 3.51. The molecule has 0 radical (unpaired) electrons. The predicted molar refractivity (Wildman–Crippen MR) is 108 cm³/mol. The normalized spacial score (nSPS) is 31.8. The molecule has 0 unspecified atom stereocenters. The summed E-state index contributed by atoms with van der Waals surface area (Å²) in [4.78, 5) is 25.1. The Morgan fingerprint density at radius 1 is 1.34 bits per heavy atom. The van der Waals surface area contributed by atoms with Crippen LogP contribution in [-0.4, -0.2) is 66.8 Å². The lowest BCUT2D eigenvalue weighted by Gasteiger charge is -2.45. The van der Waals surface area contributed by atoms with Crippen LogP contribution in [0.4, 0.5) is 0 Å². The molecule has 2 saturated heterocycles. The average Bonchev–Trinajstić information content (AvgIpc) is 2.80. The van der Waals surface area contributed by atoms with Crippen molar-refractivity contribution < 1.29 is 28.9 Å². The molecule has 2 rings (SSSR count). The van der Waals surface area contributed by atoms with Crippen LogP contribution in [0, 0.1) is 5.41 Å². The van der Waals surface area contributed by atoms with E-state index in [0.29, 0.717) is 13.0 Å². The van der Waals surface area contributed by atoms with Crippen molar-refractivity contribution in [2.24, 2.45) is 5.41 Å². The topological polar surface area (TPSA) is 106 Å². The first-order chi connectivity index (χ1) is 13.4. The van der Waals surface area contributed by atoms with Gasteiger partial charge in [-0.1, -0.05) is 32.9 Å². The fraction of sp³-hybridized carbons (Fsp3) is 0.810. The molecule has 3 N–H and O–H groups in total. The molecule has 0 spiro atoms. The van der Waals surface area contributed by atoms with E-state index in [1.165, 1.54) is 7.11 Å². The van der Waals surface area contributed by atoms with Gasteiger partial charge >= 0.3 is 0 Å². The molecule has 2 fully saturated rings. The molecule has 0 aromatic carbocycles. The fourth-order valence-electron chi connectivity index (χ4n) is 3.51. The number of carbonyl (C=O) groups excluding carboxylic acids is 2. The second-order valence-corrected chi connectivity index (χ2v) is 9.28. The smallest absolute Gasteiger partial charge is 0.252 e. The molecule has 5 atom stereocenters. The number of methoxy groups -OCH3 is 1. The number of carbonyl (C=O) groups is 2. The van der Waals surface area contributed by atoms with E-state index in [1.807, 2.05) is 26.8 Å². The van der Waals surface area contributed by atoms with Gasteiger partial charge < -0.3 is 30.0 Å². The number of hydrogen-bond donors (Lipinski definition) is 3. The minimum Gasteiger partial charge on any atom is -0.387 e. The maximum atomic E-state index is 12.9. The van der Waals surface area contributed by atoms with Crippen LogP contribution in [0.3, 0.4) is 0 Å². The number of aliphatic hydroxyl groups excluding tert-OH is 1. The van der Waals surface area contributed by atoms with E-state index in [1.54, 1.807) is 19.9 Å². The Bertz CT molecular complexity index is 613. The third-order valence-electron chi connectivity index (χ3n) is 4.96. The summed E-state index contributed by atoms with van der Waals surface area (Å²) in [6, 6.07) is -0.621. The molecule has 2 amide bonds. The first-order valence-electron chi connectivity index (χ1n) is 10.3. The first-order valence-corrected chi connectivity index (χ1v) is 10.3. The van der Waals surface area contributed by atoms with Gasteiger partial charge in [0.2, 0.25) is 5.91 Å². The minimum atomic E-state index is -1.11. The van der Waals surface area contributed by atoms with E-state index in [0.717, 1.165) is 12.8 Å². The van der Waals surface area contributed by atoms with E-state index in [9.17, 15) is 14.7 Å². The average molecular weight is 413 g/mol. The van der Waals surface area contributed by atoms with Gasteiger partial charge in [-0.15, -0.1) is 0 Å². The van der Waals surface area contributed by atoms with Crippen molar-refractivity contribution >= 4 is 11.8 Å². The van der Waals surface area contributed by atoms with Crippen LogP contribution in [0.25, 0.3) is 0 Å². The monoisotopic (exact) mass is 412 g/mol. The number of amides is 2. The van der Waals surface area contributed by atoms with Gasteiger partial charge in [0.1, 0.15) is 24.4 Å². The predicted octanol–water partition coefficient (Wildman–Crippen LogP) is 1.27. The zero-order valence-corrected chi connectivity index (χ0v) is 18.4. The Kier molecular flexibility index (Phi) is 7.84. The van der Waals surface area contributed by atoms with Crippen molar-refractivity contribution in [2.45, 2.75) is 90.1 Å². The second kappa shape index (κ2) is 9.55. The highest BCUT2D eigenvalue weighted by molar-refractivity contribution is 5.89. The van der Waals surface area contributed by atoms with Crippen LogP contribution < -0.4 is 10.6 Å². The summed E-state index contributed by atoms with van der Waals surface area (Å²) >= 11 is 0. The molecule has 0 aromatic heterocycles. The molecular formula is C21H36N2O6. The van der Waals surface area contributed by atoms with E-state index in [4.69, 9.17) is 14.2 Å². The largest absolute Gasteiger partial charge is 0.387 e. The van der Waals surface area contributed by atoms with Crippen molar-refractivity contribution in [3.05, 3.63) is 12.2 Å². The van der Waals surface area contributed by atoms with Gasteiger partial charge in [0.15, 0.2) is 11.9 Å². The standard InChI is InChI=1S/C21H36N2O6/c1-20(2,3)11-10-14-15(24)16(29-21(4,5)28-14)17(27-6)19(26)23-13-9-7-8-12-22-18(13)25/h10-11,13-17,24H,7-9,12H2,1-6H3,(H,22,25)(H,23,26)/b11-10+/t13-,14+,15-,16+,17+/m0/s1. The lowest BCUT2D eigenvalue weighted by molar-refractivity contribution is -0.334. The lowest BCUT2D eigenvalue weighted by Crippen LogP contribution is -2.62. The van der Waals surface area contributed by atoms with Crippen LogP contribution in [0.5, 0.6) is 0 Å². The highest BCUT2D eigenvalue weighted by atomic mass is 16.7. The molecule has 2 aliphatic rings. The van der Waals surface area contributed by atoms with Crippen molar-refractivity contribution in [3.63, 3.8) is 0 Å². The third kappa shape index (κ3) is 6.77. The minimum absolute atomic E-state index is 0.0914. The molecular weight excluding hydrogens is 376 g/mol. The zero-order valence-electron chi connectivity index (χ0n) is 18.4. The van der Waals surface area contributed by atoms with Crippen LogP contribution in [0.2, 0.25) is 0 Å². The summed E-state index contributed by atoms with van der Waals surface area (Å²) in [5.41, 5.74) is -0.0914. The van der Waals surface area contributed by atoms with Crippen molar-refractivity contribution in [3.8, 4) is 0 Å². The molecule has 29 heavy (non-hydrogen) atoms. The maximum Gasteiger partial charge on any atom is 0.252 e. The molecule has 0 saturated carbocycles. The van der Waals surface area contributed by atoms with E-state index < -0.39 is 42.2 Å². The summed E-state index contributed by atoms with van der Waals surface area (Å²) in [6.45, 7) is 10.2. The van der Waals surface area contributed by atoms with Gasteiger partial charge in [-0.2, -0.15) is 0 Å². The molecule has 2 aliphatic heterocycles. The lowest BCUT2D eigenvalue weighted by atomic mass is 9.93. The Morgan fingerprint density at radius 3 is 2.66 bits per heavy atom. The number of aliphatic hydroxyl groups is 1. The summed E-state index contributed by atoms with van der Waals surface area (Å²) in [5.74, 6) is -1.71. The Morgan fingerprint density at radius 2 is 2.03 bits per heavy atom. The molecule has 2 heterocycles. The summed E-state index contributed by atoms with van der Waals surface area (Å²) in [6.07, 6.45) is 2.22. The van der Waals surface area contributed by atoms with E-state index in [2.05, 4.69) is 10.6 Å². The van der Waals surface area contributed by atoms with Crippen LogP contribution in [0.1, 0.15) is 53.9 Å². The molecule has 8 heteroatoms.